The molecule has 0 saturated carbocycles. The Kier molecular flexibility index (Phi) is 5.34. The summed E-state index contributed by atoms with van der Waals surface area (Å²) in [6.45, 7) is -0.391. The molecule has 10 nitrogen and oxygen atoms in total. The summed E-state index contributed by atoms with van der Waals surface area (Å²) in [5, 5.41) is 62.3. The van der Waals surface area contributed by atoms with E-state index in [-0.39, 0.29) is 45.5 Å². The predicted molar refractivity (Wildman–Crippen MR) is 119 cm³/mol. The molecule has 2 heterocycles. The number of carbonyl (C=O) groups is 1. The van der Waals surface area contributed by atoms with Crippen molar-refractivity contribution < 1.29 is 49.6 Å². The van der Waals surface area contributed by atoms with Gasteiger partial charge in [0.25, 0.3) is 0 Å². The number of aliphatic hydroxyl groups is 3. The number of allylic oxidation sites excluding steroid dienone is 1. The van der Waals surface area contributed by atoms with Gasteiger partial charge in [0, 0.05) is 35.1 Å². The molecule has 1 aliphatic carbocycles. The molecule has 0 fully saturated rings. The fraction of sp³-hybridized carbons (Fsp3) is 0.240. The highest BCUT2D eigenvalue weighted by Crippen LogP contribution is 2.54. The van der Waals surface area contributed by atoms with E-state index in [0.717, 1.165) is 18.4 Å². The maximum Gasteiger partial charge on any atom is 0.202 e. The molecule has 2 unspecified atom stereocenters. The topological polar surface area (TPSA) is 166 Å². The van der Waals surface area contributed by atoms with Gasteiger partial charge in [-0.2, -0.15) is 0 Å². The number of fused-ring (bicyclic) bond motifs is 2. The van der Waals surface area contributed by atoms with E-state index in [1.807, 2.05) is 0 Å². The normalized spacial score (nSPS) is 25.2. The highest BCUT2D eigenvalue weighted by atomic mass is 16.5. The zero-order valence-electron chi connectivity index (χ0n) is 18.4. The van der Waals surface area contributed by atoms with Crippen molar-refractivity contribution in [3.8, 4) is 28.7 Å². The second-order valence-corrected chi connectivity index (χ2v) is 8.43. The third kappa shape index (κ3) is 3.37. The Morgan fingerprint density at radius 1 is 1.03 bits per heavy atom. The molecule has 0 radical (unpaired) electrons. The lowest BCUT2D eigenvalue weighted by Crippen LogP contribution is -2.45. The molecule has 5 rings (SSSR count). The van der Waals surface area contributed by atoms with E-state index in [1.165, 1.54) is 19.4 Å². The highest BCUT2D eigenvalue weighted by Gasteiger charge is 2.50. The van der Waals surface area contributed by atoms with Crippen LogP contribution in [0.3, 0.4) is 0 Å². The van der Waals surface area contributed by atoms with Crippen LogP contribution in [-0.4, -0.2) is 62.3 Å². The maximum absolute atomic E-state index is 13.1. The van der Waals surface area contributed by atoms with E-state index >= 15 is 0 Å². The van der Waals surface area contributed by atoms with Crippen molar-refractivity contribution in [3.63, 3.8) is 0 Å². The molecule has 0 amide bonds. The Morgan fingerprint density at radius 3 is 2.51 bits per heavy atom. The molecule has 0 aromatic heterocycles. The van der Waals surface area contributed by atoms with Crippen molar-refractivity contribution in [1.29, 1.82) is 0 Å². The smallest absolute Gasteiger partial charge is 0.202 e. The molecular weight excluding hydrogens is 460 g/mol. The van der Waals surface area contributed by atoms with Crippen LogP contribution in [0.2, 0.25) is 0 Å². The number of phenols is 3. The van der Waals surface area contributed by atoms with Gasteiger partial charge >= 0.3 is 0 Å². The van der Waals surface area contributed by atoms with Gasteiger partial charge in [-0.25, -0.2) is 0 Å². The largest absolute Gasteiger partial charge is 0.508 e. The van der Waals surface area contributed by atoms with Crippen molar-refractivity contribution in [1.82, 2.24) is 0 Å². The Morgan fingerprint density at radius 2 is 1.80 bits per heavy atom. The number of hydrogen-bond donors (Lipinski definition) is 6. The molecule has 2 aliphatic heterocycles. The van der Waals surface area contributed by atoms with Gasteiger partial charge in [0.2, 0.25) is 5.78 Å². The molecule has 10 heteroatoms. The van der Waals surface area contributed by atoms with Gasteiger partial charge < -0.3 is 44.8 Å². The first-order valence-corrected chi connectivity index (χ1v) is 10.7. The van der Waals surface area contributed by atoms with E-state index in [2.05, 4.69) is 0 Å². The third-order valence-corrected chi connectivity index (χ3v) is 6.53. The molecule has 6 N–H and O–H groups in total. The number of ether oxygens (including phenoxy) is 3. The molecular formula is C25H22O10. The predicted octanol–water partition coefficient (Wildman–Crippen LogP) is 2.13. The van der Waals surface area contributed by atoms with Crippen LogP contribution in [0.15, 0.2) is 65.3 Å². The number of benzene rings is 2. The van der Waals surface area contributed by atoms with Crippen LogP contribution in [-0.2, 0) is 4.74 Å². The van der Waals surface area contributed by atoms with E-state index < -0.39 is 42.2 Å². The lowest BCUT2D eigenvalue weighted by molar-refractivity contribution is 0.0315. The Balaban J connectivity index is 1.73. The quantitative estimate of drug-likeness (QED) is 0.380. The zero-order chi connectivity index (χ0) is 25.0. The van der Waals surface area contributed by atoms with Gasteiger partial charge in [0.15, 0.2) is 29.5 Å². The standard InChI is InChI=1S/C25H22O10/c1-33-17-4-10(2-3-14(17)28)19-12(7-26)13-8-34-9-16(30)20(13)22(19)25-24(32)23(31)21-15(29)5-11(27)6-18(21)35-25/h2-6,8-9,12,19,24-30,32H,7H2,1H3/t12-,19+,24?,25?/m1/s1. The summed E-state index contributed by atoms with van der Waals surface area (Å²) in [5.74, 6) is -3.55. The van der Waals surface area contributed by atoms with Crippen molar-refractivity contribution in [3.05, 3.63) is 76.5 Å². The fourth-order valence-corrected chi connectivity index (χ4v) is 5.05. The average Bonchev–Trinajstić information content (AvgIpc) is 3.16. The van der Waals surface area contributed by atoms with Crippen LogP contribution >= 0.6 is 0 Å². The summed E-state index contributed by atoms with van der Waals surface area (Å²) in [6.07, 6.45) is -0.702. The van der Waals surface area contributed by atoms with E-state index in [0.29, 0.717) is 11.1 Å². The number of aromatic hydroxyl groups is 3. The number of phenolic OH excluding ortho intramolecular Hbond substituents is 3. The van der Waals surface area contributed by atoms with Gasteiger partial charge in [-0.15, -0.1) is 0 Å². The monoisotopic (exact) mass is 482 g/mol. The van der Waals surface area contributed by atoms with Crippen LogP contribution in [0.5, 0.6) is 28.7 Å². The summed E-state index contributed by atoms with van der Waals surface area (Å²) in [5.41, 5.74) is 1.19. The number of methoxy groups -OCH3 is 1. The number of ketones is 1. The molecule has 0 bridgehead atoms. The number of carbonyl (C=O) groups excluding carboxylic acids is 1. The molecule has 4 atom stereocenters. The number of Topliss-reactive ketones (excluding diaryl/α,β-unsaturated/α-hetero) is 1. The minimum absolute atomic E-state index is 0.115. The molecule has 0 saturated heterocycles. The van der Waals surface area contributed by atoms with Crippen molar-refractivity contribution in [2.24, 2.45) is 5.92 Å². The lowest BCUT2D eigenvalue weighted by atomic mass is 9.79. The highest BCUT2D eigenvalue weighted by molar-refractivity contribution is 6.06. The van der Waals surface area contributed by atoms with Crippen LogP contribution in [0, 0.1) is 5.92 Å². The van der Waals surface area contributed by atoms with Crippen molar-refractivity contribution in [2.45, 2.75) is 18.1 Å². The van der Waals surface area contributed by atoms with Crippen LogP contribution in [0.4, 0.5) is 0 Å². The molecule has 182 valence electrons. The molecule has 2 aromatic rings. The average molecular weight is 482 g/mol. The van der Waals surface area contributed by atoms with Gasteiger partial charge in [0.1, 0.15) is 29.1 Å². The summed E-state index contributed by atoms with van der Waals surface area (Å²) in [4.78, 5) is 13.1. The molecule has 35 heavy (non-hydrogen) atoms. The zero-order valence-corrected chi connectivity index (χ0v) is 18.4. The Labute approximate surface area is 198 Å². The Hall–Kier alpha value is -4.15. The minimum Gasteiger partial charge on any atom is -0.508 e. The Bertz CT molecular complexity index is 1320. The van der Waals surface area contributed by atoms with Crippen LogP contribution in [0.1, 0.15) is 21.8 Å². The number of rotatable bonds is 4. The van der Waals surface area contributed by atoms with Crippen LogP contribution in [0.25, 0.3) is 0 Å². The van der Waals surface area contributed by atoms with Gasteiger partial charge in [-0.05, 0) is 23.3 Å². The molecule has 3 aliphatic rings. The minimum atomic E-state index is -1.78. The number of hydrogen-bond acceptors (Lipinski definition) is 10. The van der Waals surface area contributed by atoms with Crippen LogP contribution < -0.4 is 9.47 Å². The first kappa shape index (κ1) is 22.6. The summed E-state index contributed by atoms with van der Waals surface area (Å²) >= 11 is 0. The number of aliphatic hydroxyl groups excluding tert-OH is 3. The SMILES string of the molecule is COc1cc([C@@H]2C(C3Oc4cc(O)cc(O)c4C(=O)C3O)=C3C(O)=COC=C3[C@H]2CO)ccc1O. The third-order valence-electron chi connectivity index (χ3n) is 6.53. The van der Waals surface area contributed by atoms with Crippen molar-refractivity contribution >= 4 is 5.78 Å². The second-order valence-electron chi connectivity index (χ2n) is 8.43. The van der Waals surface area contributed by atoms with Gasteiger partial charge in [-0.3, -0.25) is 4.79 Å². The van der Waals surface area contributed by atoms with Crippen molar-refractivity contribution in [2.75, 3.05) is 13.7 Å². The second kappa shape index (κ2) is 8.26. The first-order valence-electron chi connectivity index (χ1n) is 10.7. The first-order chi connectivity index (χ1) is 16.8. The summed E-state index contributed by atoms with van der Waals surface area (Å²) < 4.78 is 16.4. The fourth-order valence-electron chi connectivity index (χ4n) is 5.05. The van der Waals surface area contributed by atoms with E-state index in [4.69, 9.17) is 14.2 Å². The summed E-state index contributed by atoms with van der Waals surface area (Å²) in [6, 6.07) is 6.65. The molecule has 0 spiro atoms. The lowest BCUT2D eigenvalue weighted by Gasteiger charge is -2.34. The van der Waals surface area contributed by atoms with Gasteiger partial charge in [0.05, 0.1) is 20.0 Å². The summed E-state index contributed by atoms with van der Waals surface area (Å²) in [7, 11) is 1.38. The van der Waals surface area contributed by atoms with E-state index in [1.54, 1.807) is 12.1 Å². The van der Waals surface area contributed by atoms with E-state index in [9.17, 15) is 35.4 Å². The van der Waals surface area contributed by atoms with Gasteiger partial charge in [-0.1, -0.05) is 6.07 Å². The molecule has 2 aromatic carbocycles. The maximum atomic E-state index is 13.1.